The summed E-state index contributed by atoms with van der Waals surface area (Å²) in [7, 11) is 0. The van der Waals surface area contributed by atoms with E-state index in [0.717, 1.165) is 16.7 Å². The van der Waals surface area contributed by atoms with Crippen molar-refractivity contribution in [3.05, 3.63) is 311 Å². The minimum atomic E-state index is -0.449. The Bertz CT molecular complexity index is 4840. The van der Waals surface area contributed by atoms with Crippen molar-refractivity contribution in [3.8, 4) is 101 Å². The quantitative estimate of drug-likeness (QED) is 0.172. The minimum Gasteiger partial charge on any atom is -0.416 e. The molecular weight excluding hydrogens is 989 g/mol. The average Bonchev–Trinajstić information content (AvgIpc) is 4.56. The minimum absolute atomic E-state index is 0.417. The van der Waals surface area contributed by atoms with Crippen LogP contribution < -0.4 is 0 Å². The van der Waals surface area contributed by atoms with E-state index in [1.165, 1.54) is 137 Å². The fraction of sp³-hybridized carbons (Fsp3) is 0.0263. The Morgan fingerprint density at radius 1 is 0.250 bits per heavy atom. The van der Waals surface area contributed by atoms with E-state index in [1.54, 1.807) is 0 Å². The molecule has 0 amide bonds. The summed E-state index contributed by atoms with van der Waals surface area (Å²) < 4.78 is 8.77. The maximum Gasteiger partial charge on any atom is 0.248 e. The molecule has 0 bridgehead atoms. The smallest absolute Gasteiger partial charge is 0.248 e. The standard InChI is InChI=1S/C76H44N2OS/c1-2-16-46(17-3-1)73-77-78-74(79-73)47-32-30-45(31-33-47)60-41-51(50-35-38-59-57-23-9-15-29-68(57)76(70(59)44-50)65-26-12-6-20-54(65)55-21-7-13-27-66(55)76)42-62-61-40-48(36-39-71(61)80-72(60)62)49-34-37-58-56-22-8-14-28-67(56)75(69(58)43-49)63-24-10-4-18-52(63)53-19-5-11-25-64(53)75/h1-44H. The highest BCUT2D eigenvalue weighted by atomic mass is 32.1. The molecule has 0 radical (unpaired) electrons. The molecule has 80 heavy (non-hydrogen) atoms. The van der Waals surface area contributed by atoms with Gasteiger partial charge in [-0.15, -0.1) is 21.5 Å². The van der Waals surface area contributed by atoms with E-state index in [9.17, 15) is 0 Å². The molecule has 14 aromatic rings. The van der Waals surface area contributed by atoms with Crippen LogP contribution >= 0.6 is 11.3 Å². The number of nitrogens with zero attached hydrogens (tertiary/aromatic N) is 2. The maximum absolute atomic E-state index is 6.26. The summed E-state index contributed by atoms with van der Waals surface area (Å²) in [6, 6.07) is 99.6. The summed E-state index contributed by atoms with van der Waals surface area (Å²) in [5.74, 6) is 1.00. The van der Waals surface area contributed by atoms with Crippen LogP contribution in [-0.2, 0) is 10.8 Å². The van der Waals surface area contributed by atoms with E-state index in [0.29, 0.717) is 11.8 Å². The first-order valence-electron chi connectivity index (χ1n) is 27.5. The van der Waals surface area contributed by atoms with Crippen molar-refractivity contribution in [2.45, 2.75) is 10.8 Å². The lowest BCUT2D eigenvalue weighted by Crippen LogP contribution is -2.25. The van der Waals surface area contributed by atoms with Gasteiger partial charge in [-0.2, -0.15) is 0 Å². The third-order valence-electron chi connectivity index (χ3n) is 18.1. The third kappa shape index (κ3) is 5.77. The molecule has 4 aliphatic rings. The lowest BCUT2D eigenvalue weighted by molar-refractivity contribution is 0.584. The molecule has 0 unspecified atom stereocenters. The van der Waals surface area contributed by atoms with Crippen LogP contribution in [0.3, 0.4) is 0 Å². The van der Waals surface area contributed by atoms with Crippen LogP contribution in [0, 0.1) is 0 Å². The van der Waals surface area contributed by atoms with Gasteiger partial charge in [-0.05, 0) is 177 Å². The summed E-state index contributed by atoms with van der Waals surface area (Å²) in [5, 5.41) is 11.4. The number of thiophene rings is 1. The van der Waals surface area contributed by atoms with Crippen molar-refractivity contribution >= 4 is 31.5 Å². The molecule has 3 nitrogen and oxygen atoms in total. The van der Waals surface area contributed by atoms with Gasteiger partial charge in [0.05, 0.1) is 10.8 Å². The molecule has 4 heteroatoms. The van der Waals surface area contributed by atoms with Crippen molar-refractivity contribution < 1.29 is 4.42 Å². The molecule has 0 atom stereocenters. The van der Waals surface area contributed by atoms with Gasteiger partial charge >= 0.3 is 0 Å². The molecule has 4 aliphatic carbocycles. The summed E-state index contributed by atoms with van der Waals surface area (Å²) in [6.45, 7) is 0. The summed E-state index contributed by atoms with van der Waals surface area (Å²) in [5.41, 5.74) is 29.2. The summed E-state index contributed by atoms with van der Waals surface area (Å²) in [6.07, 6.45) is 0. The van der Waals surface area contributed by atoms with Crippen LogP contribution in [0.1, 0.15) is 44.5 Å². The molecule has 0 aliphatic heterocycles. The van der Waals surface area contributed by atoms with Crippen LogP contribution in [0.25, 0.3) is 121 Å². The number of aromatic nitrogens is 2. The fourth-order valence-corrected chi connectivity index (χ4v) is 16.0. The predicted molar refractivity (Wildman–Crippen MR) is 327 cm³/mol. The van der Waals surface area contributed by atoms with Gasteiger partial charge in [0.15, 0.2) is 0 Å². The van der Waals surface area contributed by atoms with Crippen LogP contribution in [-0.4, -0.2) is 10.2 Å². The van der Waals surface area contributed by atoms with Gasteiger partial charge in [0.25, 0.3) is 0 Å². The fourth-order valence-electron chi connectivity index (χ4n) is 14.8. The zero-order valence-electron chi connectivity index (χ0n) is 43.1. The Balaban J connectivity index is 0.833. The topological polar surface area (TPSA) is 38.9 Å². The van der Waals surface area contributed by atoms with Gasteiger partial charge in [0.2, 0.25) is 11.8 Å². The molecular formula is C76H44N2OS. The molecule has 12 aromatic carbocycles. The Morgan fingerprint density at radius 2 is 0.600 bits per heavy atom. The van der Waals surface area contributed by atoms with Crippen molar-refractivity contribution in [2.24, 2.45) is 0 Å². The van der Waals surface area contributed by atoms with E-state index >= 15 is 0 Å². The van der Waals surface area contributed by atoms with Gasteiger partial charge in [0.1, 0.15) is 0 Å². The van der Waals surface area contributed by atoms with Crippen LogP contribution in [0.5, 0.6) is 0 Å². The maximum atomic E-state index is 6.26. The number of benzene rings is 12. The van der Waals surface area contributed by atoms with Crippen LogP contribution in [0.2, 0.25) is 0 Å². The average molecular weight is 1030 g/mol. The zero-order valence-corrected chi connectivity index (χ0v) is 43.9. The number of hydrogen-bond donors (Lipinski definition) is 0. The monoisotopic (exact) mass is 1030 g/mol. The largest absolute Gasteiger partial charge is 0.416 e. The van der Waals surface area contributed by atoms with Gasteiger partial charge < -0.3 is 4.42 Å². The van der Waals surface area contributed by atoms with Crippen molar-refractivity contribution in [1.29, 1.82) is 0 Å². The van der Waals surface area contributed by atoms with Gasteiger partial charge in [-0.3, -0.25) is 0 Å². The highest BCUT2D eigenvalue weighted by molar-refractivity contribution is 7.26. The molecule has 2 heterocycles. The Kier molecular flexibility index (Phi) is 8.96. The second kappa shape index (κ2) is 16.3. The van der Waals surface area contributed by atoms with Crippen molar-refractivity contribution in [1.82, 2.24) is 10.2 Å². The van der Waals surface area contributed by atoms with E-state index in [1.807, 2.05) is 41.7 Å². The number of rotatable bonds is 5. The summed E-state index contributed by atoms with van der Waals surface area (Å²) >= 11 is 1.87. The molecule has 2 spiro atoms. The van der Waals surface area contributed by atoms with Gasteiger partial charge in [-0.25, -0.2) is 0 Å². The third-order valence-corrected chi connectivity index (χ3v) is 19.3. The lowest BCUT2D eigenvalue weighted by atomic mass is 9.70. The van der Waals surface area contributed by atoms with E-state index in [4.69, 9.17) is 4.42 Å². The second-order valence-corrected chi connectivity index (χ2v) is 22.9. The van der Waals surface area contributed by atoms with Crippen molar-refractivity contribution in [3.63, 3.8) is 0 Å². The zero-order chi connectivity index (χ0) is 52.3. The number of hydrogen-bond acceptors (Lipinski definition) is 4. The van der Waals surface area contributed by atoms with E-state index in [2.05, 4.69) is 247 Å². The summed E-state index contributed by atoms with van der Waals surface area (Å²) in [4.78, 5) is 0. The first-order chi connectivity index (χ1) is 39.6. The molecule has 18 rings (SSSR count). The molecule has 0 saturated carbocycles. The Morgan fingerprint density at radius 3 is 1.07 bits per heavy atom. The molecule has 370 valence electrons. The van der Waals surface area contributed by atoms with Crippen LogP contribution in [0.4, 0.5) is 0 Å². The predicted octanol–water partition coefficient (Wildman–Crippen LogP) is 19.5. The van der Waals surface area contributed by atoms with Crippen LogP contribution in [0.15, 0.2) is 271 Å². The van der Waals surface area contributed by atoms with E-state index < -0.39 is 10.8 Å². The second-order valence-electron chi connectivity index (χ2n) is 21.9. The molecule has 2 aromatic heterocycles. The normalized spacial score (nSPS) is 13.9. The van der Waals surface area contributed by atoms with E-state index in [-0.39, 0.29) is 0 Å². The lowest BCUT2D eigenvalue weighted by Gasteiger charge is -2.30. The first-order valence-corrected chi connectivity index (χ1v) is 28.3. The van der Waals surface area contributed by atoms with Crippen molar-refractivity contribution in [2.75, 3.05) is 0 Å². The Hall–Kier alpha value is -10.0. The first kappa shape index (κ1) is 44.0. The molecule has 0 saturated heterocycles. The molecule has 0 fully saturated rings. The number of fused-ring (bicyclic) bond motifs is 23. The van der Waals surface area contributed by atoms with Gasteiger partial charge in [0, 0.05) is 36.9 Å². The highest BCUT2D eigenvalue weighted by Crippen LogP contribution is 2.65. The van der Waals surface area contributed by atoms with Gasteiger partial charge in [-0.1, -0.05) is 206 Å². The Labute approximate surface area is 466 Å². The SMILES string of the molecule is c1ccc(-c2nnc(-c3ccc(-c4cc(-c5ccc6c(c5)C5(c7ccccc7-c7ccccc75)c5ccccc5-6)cc5c4sc4ccc(-c6ccc7c(c6)C6(c8ccccc8-c8ccccc86)c6ccccc6-7)cc45)cc3)o2)cc1. The molecule has 0 N–H and O–H groups in total. The highest BCUT2D eigenvalue weighted by Gasteiger charge is 2.53.